The topological polar surface area (TPSA) is 58.2 Å². The molecule has 3 heterocycles. The second-order valence-electron chi connectivity index (χ2n) is 7.46. The molecule has 2 aromatic heterocycles. The van der Waals surface area contributed by atoms with Gasteiger partial charge in [0.05, 0.1) is 18.2 Å². The molecule has 5 nitrogen and oxygen atoms in total. The van der Waals surface area contributed by atoms with Crippen LogP contribution in [-0.4, -0.2) is 33.9 Å². The molecule has 0 spiro atoms. The van der Waals surface area contributed by atoms with Crippen molar-refractivity contribution in [2.24, 2.45) is 0 Å². The number of fused-ring (bicyclic) bond motifs is 3. The van der Waals surface area contributed by atoms with Gasteiger partial charge in [0.25, 0.3) is 5.91 Å². The molecule has 0 saturated heterocycles. The Morgan fingerprint density at radius 2 is 2.07 bits per heavy atom. The average molecular weight is 397 g/mol. The van der Waals surface area contributed by atoms with E-state index in [-0.39, 0.29) is 11.9 Å². The summed E-state index contributed by atoms with van der Waals surface area (Å²) < 4.78 is 5.74. The van der Waals surface area contributed by atoms with E-state index in [1.807, 2.05) is 42.2 Å². The molecular weight excluding hydrogens is 374 g/mol. The van der Waals surface area contributed by atoms with Gasteiger partial charge < -0.3 is 14.6 Å². The summed E-state index contributed by atoms with van der Waals surface area (Å²) in [6.45, 7) is 3.22. The van der Waals surface area contributed by atoms with Gasteiger partial charge in [0.15, 0.2) is 0 Å². The Morgan fingerprint density at radius 1 is 1.17 bits per heavy atom. The van der Waals surface area contributed by atoms with Gasteiger partial charge >= 0.3 is 0 Å². The van der Waals surface area contributed by atoms with E-state index < -0.39 is 0 Å². The predicted molar refractivity (Wildman–Crippen MR) is 117 cm³/mol. The molecule has 5 heteroatoms. The van der Waals surface area contributed by atoms with Crippen LogP contribution < -0.4 is 4.74 Å². The highest BCUT2D eigenvalue weighted by atomic mass is 16.5. The molecule has 1 N–H and O–H groups in total. The number of pyridine rings is 1. The molecule has 0 unspecified atom stereocenters. The van der Waals surface area contributed by atoms with Gasteiger partial charge in [-0.25, -0.2) is 0 Å². The lowest BCUT2D eigenvalue weighted by atomic mass is 9.91. The molecule has 1 atom stereocenters. The van der Waals surface area contributed by atoms with Crippen LogP contribution in [0.15, 0.2) is 73.1 Å². The van der Waals surface area contributed by atoms with Crippen molar-refractivity contribution in [1.29, 1.82) is 0 Å². The van der Waals surface area contributed by atoms with Crippen LogP contribution >= 0.6 is 0 Å². The van der Waals surface area contributed by atoms with Crippen molar-refractivity contribution in [3.63, 3.8) is 0 Å². The van der Waals surface area contributed by atoms with Crippen molar-refractivity contribution in [3.05, 3.63) is 95.4 Å². The fourth-order valence-electron chi connectivity index (χ4n) is 4.40. The number of carbonyl (C=O) groups is 1. The summed E-state index contributed by atoms with van der Waals surface area (Å²) in [7, 11) is 0. The lowest BCUT2D eigenvalue weighted by molar-refractivity contribution is 0.0691. The zero-order valence-electron chi connectivity index (χ0n) is 16.8. The van der Waals surface area contributed by atoms with Gasteiger partial charge in [0.2, 0.25) is 0 Å². The molecule has 2 aromatic carbocycles. The molecule has 150 valence electrons. The van der Waals surface area contributed by atoms with Crippen LogP contribution in [0.2, 0.25) is 0 Å². The Bertz CT molecular complexity index is 1200. The molecule has 0 saturated carbocycles. The number of rotatable bonds is 4. The number of nitrogens with one attached hydrogen (secondary N) is 1. The van der Waals surface area contributed by atoms with Crippen molar-refractivity contribution < 1.29 is 9.53 Å². The fraction of sp³-hybridized carbons (Fsp3) is 0.200. The average Bonchev–Trinajstić information content (AvgIpc) is 3.17. The SMILES string of the molecule is CCOc1cccc([C@@H]2c3[nH]c4ccccc4c3CCN2C(=O)c2cccnc2)c1. The number of hydrogen-bond acceptors (Lipinski definition) is 3. The van der Waals surface area contributed by atoms with E-state index in [0.717, 1.165) is 28.9 Å². The summed E-state index contributed by atoms with van der Waals surface area (Å²) in [4.78, 5) is 23.1. The molecule has 0 radical (unpaired) electrons. The van der Waals surface area contributed by atoms with E-state index in [1.54, 1.807) is 18.5 Å². The first-order chi connectivity index (χ1) is 14.8. The first kappa shape index (κ1) is 18.4. The normalized spacial score (nSPS) is 15.8. The highest BCUT2D eigenvalue weighted by molar-refractivity contribution is 5.95. The number of benzene rings is 2. The maximum absolute atomic E-state index is 13.5. The minimum absolute atomic E-state index is 0.0146. The van der Waals surface area contributed by atoms with E-state index in [2.05, 4.69) is 34.2 Å². The molecule has 4 aromatic rings. The molecular formula is C25H23N3O2. The molecule has 0 aliphatic carbocycles. The standard InChI is InChI=1S/C25H23N3O2/c1-2-30-19-9-5-7-17(15-19)24-23-21(20-10-3-4-11-22(20)27-23)12-14-28(24)25(29)18-8-6-13-26-16-18/h3-11,13,15-16,24,27H,2,12,14H2,1H3/t24-/m1/s1. The monoisotopic (exact) mass is 397 g/mol. The number of nitrogens with zero attached hydrogens (tertiary/aromatic N) is 2. The van der Waals surface area contributed by atoms with Gasteiger partial charge in [0, 0.05) is 35.5 Å². The number of ether oxygens (including phenoxy) is 1. The van der Waals surface area contributed by atoms with Gasteiger partial charge in [-0.05, 0) is 54.8 Å². The van der Waals surface area contributed by atoms with Crippen LogP contribution in [0, 0.1) is 0 Å². The Balaban J connectivity index is 1.66. The van der Waals surface area contributed by atoms with Crippen molar-refractivity contribution >= 4 is 16.8 Å². The highest BCUT2D eigenvalue weighted by Gasteiger charge is 2.35. The summed E-state index contributed by atoms with van der Waals surface area (Å²) in [6, 6.07) is 19.8. The third-order valence-electron chi connectivity index (χ3n) is 5.69. The third kappa shape index (κ3) is 3.12. The summed E-state index contributed by atoms with van der Waals surface area (Å²) in [5.41, 5.74) is 5.10. The smallest absolute Gasteiger partial charge is 0.256 e. The van der Waals surface area contributed by atoms with Gasteiger partial charge in [-0.3, -0.25) is 9.78 Å². The molecule has 30 heavy (non-hydrogen) atoms. The van der Waals surface area contributed by atoms with E-state index >= 15 is 0 Å². The highest BCUT2D eigenvalue weighted by Crippen LogP contribution is 2.39. The largest absolute Gasteiger partial charge is 0.494 e. The molecule has 0 fully saturated rings. The van der Waals surface area contributed by atoms with Crippen molar-refractivity contribution in [2.75, 3.05) is 13.2 Å². The third-order valence-corrected chi connectivity index (χ3v) is 5.69. The van der Waals surface area contributed by atoms with Crippen LogP contribution in [0.5, 0.6) is 5.75 Å². The van der Waals surface area contributed by atoms with Gasteiger partial charge in [0.1, 0.15) is 5.75 Å². The maximum atomic E-state index is 13.5. The minimum Gasteiger partial charge on any atom is -0.494 e. The Labute approximate surface area is 175 Å². The van der Waals surface area contributed by atoms with Crippen LogP contribution in [-0.2, 0) is 6.42 Å². The van der Waals surface area contributed by atoms with Gasteiger partial charge in [-0.2, -0.15) is 0 Å². The van der Waals surface area contributed by atoms with E-state index in [4.69, 9.17) is 4.74 Å². The summed E-state index contributed by atoms with van der Waals surface area (Å²) in [5.74, 6) is 0.797. The summed E-state index contributed by atoms with van der Waals surface area (Å²) >= 11 is 0. The van der Waals surface area contributed by atoms with Crippen LogP contribution in [0.4, 0.5) is 0 Å². The van der Waals surface area contributed by atoms with Gasteiger partial charge in [-0.15, -0.1) is 0 Å². The number of H-pyrrole nitrogens is 1. The van der Waals surface area contributed by atoms with E-state index in [9.17, 15) is 4.79 Å². The Morgan fingerprint density at radius 3 is 2.90 bits per heavy atom. The number of hydrogen-bond donors (Lipinski definition) is 1. The maximum Gasteiger partial charge on any atom is 0.256 e. The van der Waals surface area contributed by atoms with Crippen molar-refractivity contribution in [3.8, 4) is 5.75 Å². The van der Waals surface area contributed by atoms with Crippen LogP contribution in [0.3, 0.4) is 0 Å². The number of amides is 1. The minimum atomic E-state index is -0.214. The number of aromatic nitrogens is 2. The fourth-order valence-corrected chi connectivity index (χ4v) is 4.40. The molecule has 5 rings (SSSR count). The van der Waals surface area contributed by atoms with Gasteiger partial charge in [-0.1, -0.05) is 30.3 Å². The summed E-state index contributed by atoms with van der Waals surface area (Å²) in [5, 5.41) is 1.23. The second kappa shape index (κ2) is 7.67. The first-order valence-corrected chi connectivity index (χ1v) is 10.3. The number of para-hydroxylation sites is 1. The second-order valence-corrected chi connectivity index (χ2v) is 7.46. The first-order valence-electron chi connectivity index (χ1n) is 10.3. The Kier molecular flexibility index (Phi) is 4.71. The zero-order valence-corrected chi connectivity index (χ0v) is 16.8. The van der Waals surface area contributed by atoms with Crippen molar-refractivity contribution in [2.45, 2.75) is 19.4 Å². The molecule has 1 amide bonds. The predicted octanol–water partition coefficient (Wildman–Crippen LogP) is 4.75. The van der Waals surface area contributed by atoms with E-state index in [1.165, 1.54) is 10.9 Å². The molecule has 1 aliphatic heterocycles. The lowest BCUT2D eigenvalue weighted by Gasteiger charge is -2.36. The zero-order chi connectivity index (χ0) is 20.5. The summed E-state index contributed by atoms with van der Waals surface area (Å²) in [6.07, 6.45) is 4.13. The Hall–Kier alpha value is -3.60. The molecule has 0 bridgehead atoms. The quantitative estimate of drug-likeness (QED) is 0.541. The van der Waals surface area contributed by atoms with Crippen LogP contribution in [0.25, 0.3) is 10.9 Å². The lowest BCUT2D eigenvalue weighted by Crippen LogP contribution is -2.40. The molecule has 1 aliphatic rings. The van der Waals surface area contributed by atoms with E-state index in [0.29, 0.717) is 18.7 Å². The van der Waals surface area contributed by atoms with Crippen LogP contribution in [0.1, 0.15) is 40.1 Å². The number of aromatic amines is 1. The van der Waals surface area contributed by atoms with Crippen molar-refractivity contribution in [1.82, 2.24) is 14.9 Å². The number of carbonyl (C=O) groups excluding carboxylic acids is 1.